The van der Waals surface area contributed by atoms with E-state index in [1.165, 1.54) is 5.56 Å². The third kappa shape index (κ3) is 5.34. The first kappa shape index (κ1) is 19.5. The average Bonchev–Trinajstić information content (AvgIpc) is 2.66. The second-order valence-electron chi connectivity index (χ2n) is 6.14. The van der Waals surface area contributed by atoms with Crippen LogP contribution in [0.15, 0.2) is 71.2 Å². The van der Waals surface area contributed by atoms with E-state index in [0.717, 1.165) is 16.5 Å². The Morgan fingerprint density at radius 2 is 1.85 bits per heavy atom. The zero-order valence-electron chi connectivity index (χ0n) is 14.8. The van der Waals surface area contributed by atoms with Crippen LogP contribution in [0.3, 0.4) is 0 Å². The van der Waals surface area contributed by atoms with Gasteiger partial charge in [-0.2, -0.15) is 0 Å². The first-order chi connectivity index (χ1) is 13.0. The number of carbonyl (C=O) groups is 1. The Balaban J connectivity index is 1.72. The number of anilines is 1. The molecule has 27 heavy (non-hydrogen) atoms. The SMILES string of the molecule is Cc1ccc(NC(=O)c2cc(Br)ccc2OCCc2ccccc2)cc1Cl. The lowest BCUT2D eigenvalue weighted by molar-refractivity contribution is 0.102. The van der Waals surface area contributed by atoms with Crippen LogP contribution < -0.4 is 10.1 Å². The Morgan fingerprint density at radius 1 is 1.07 bits per heavy atom. The summed E-state index contributed by atoms with van der Waals surface area (Å²) in [5.41, 5.74) is 3.26. The predicted octanol–water partition coefficient (Wildman–Crippen LogP) is 6.28. The van der Waals surface area contributed by atoms with Crippen LogP contribution in [0.1, 0.15) is 21.5 Å². The highest BCUT2D eigenvalue weighted by Gasteiger charge is 2.14. The van der Waals surface area contributed by atoms with E-state index in [0.29, 0.717) is 28.6 Å². The molecule has 3 aromatic rings. The minimum absolute atomic E-state index is 0.245. The van der Waals surface area contributed by atoms with Gasteiger partial charge in [-0.05, 0) is 48.4 Å². The molecule has 0 radical (unpaired) electrons. The van der Waals surface area contributed by atoms with Gasteiger partial charge in [-0.1, -0.05) is 63.9 Å². The van der Waals surface area contributed by atoms with Crippen LogP contribution in [-0.4, -0.2) is 12.5 Å². The summed E-state index contributed by atoms with van der Waals surface area (Å²) < 4.78 is 6.70. The third-order valence-corrected chi connectivity index (χ3v) is 5.01. The van der Waals surface area contributed by atoms with Crippen LogP contribution >= 0.6 is 27.5 Å². The fourth-order valence-electron chi connectivity index (χ4n) is 2.60. The Labute approximate surface area is 172 Å². The van der Waals surface area contributed by atoms with Gasteiger partial charge in [0.2, 0.25) is 0 Å². The number of ether oxygens (including phenoxy) is 1. The first-order valence-electron chi connectivity index (χ1n) is 8.57. The third-order valence-electron chi connectivity index (χ3n) is 4.11. The van der Waals surface area contributed by atoms with Gasteiger partial charge in [0.25, 0.3) is 5.91 Å². The van der Waals surface area contributed by atoms with E-state index in [2.05, 4.69) is 33.4 Å². The molecule has 0 bridgehead atoms. The topological polar surface area (TPSA) is 38.3 Å². The molecule has 138 valence electrons. The van der Waals surface area contributed by atoms with Crippen LogP contribution in [0, 0.1) is 6.92 Å². The molecule has 3 rings (SSSR count). The quantitative estimate of drug-likeness (QED) is 0.485. The molecule has 1 amide bonds. The van der Waals surface area contributed by atoms with Gasteiger partial charge in [0.05, 0.1) is 12.2 Å². The molecule has 0 aliphatic carbocycles. The summed E-state index contributed by atoms with van der Waals surface area (Å²) in [5, 5.41) is 3.49. The van der Waals surface area contributed by atoms with Crippen molar-refractivity contribution in [3.05, 3.63) is 92.9 Å². The molecule has 0 saturated carbocycles. The molecule has 0 fully saturated rings. The summed E-state index contributed by atoms with van der Waals surface area (Å²) in [6, 6.07) is 20.9. The van der Waals surface area contributed by atoms with Crippen molar-refractivity contribution in [2.24, 2.45) is 0 Å². The van der Waals surface area contributed by atoms with Crippen molar-refractivity contribution >= 4 is 39.1 Å². The second-order valence-corrected chi connectivity index (χ2v) is 7.47. The molecule has 0 aliphatic heterocycles. The summed E-state index contributed by atoms with van der Waals surface area (Å²) in [6.07, 6.45) is 0.769. The molecule has 3 nitrogen and oxygen atoms in total. The van der Waals surface area contributed by atoms with Crippen molar-refractivity contribution in [2.45, 2.75) is 13.3 Å². The van der Waals surface area contributed by atoms with Gasteiger partial charge in [0.1, 0.15) is 5.75 Å². The summed E-state index contributed by atoms with van der Waals surface area (Å²) in [4.78, 5) is 12.8. The molecular weight excluding hydrogens is 426 g/mol. The monoisotopic (exact) mass is 443 g/mol. The Hall–Kier alpha value is -2.30. The van der Waals surface area contributed by atoms with Crippen molar-refractivity contribution in [3.63, 3.8) is 0 Å². The maximum Gasteiger partial charge on any atom is 0.259 e. The first-order valence-corrected chi connectivity index (χ1v) is 9.74. The fourth-order valence-corrected chi connectivity index (χ4v) is 3.14. The van der Waals surface area contributed by atoms with E-state index in [1.807, 2.05) is 43.3 Å². The lowest BCUT2D eigenvalue weighted by Gasteiger charge is -2.13. The molecular formula is C22H19BrClNO2. The van der Waals surface area contributed by atoms with Crippen molar-refractivity contribution in [2.75, 3.05) is 11.9 Å². The normalized spacial score (nSPS) is 10.5. The summed E-state index contributed by atoms with van der Waals surface area (Å²) in [5.74, 6) is 0.302. The zero-order valence-corrected chi connectivity index (χ0v) is 17.2. The van der Waals surface area contributed by atoms with Crippen molar-refractivity contribution in [3.8, 4) is 5.75 Å². The molecule has 0 aliphatic rings. The van der Waals surface area contributed by atoms with Crippen LogP contribution in [0.5, 0.6) is 5.75 Å². The minimum Gasteiger partial charge on any atom is -0.492 e. The standard InChI is InChI=1S/C22H19BrClNO2/c1-15-7-9-18(14-20(15)24)25-22(26)19-13-17(23)8-10-21(19)27-12-11-16-5-3-2-4-6-16/h2-10,13-14H,11-12H2,1H3,(H,25,26). The van der Waals surface area contributed by atoms with Crippen LogP contribution in [0.25, 0.3) is 0 Å². The number of hydrogen-bond acceptors (Lipinski definition) is 2. The van der Waals surface area contributed by atoms with Gasteiger partial charge in [-0.3, -0.25) is 4.79 Å². The molecule has 0 unspecified atom stereocenters. The van der Waals surface area contributed by atoms with Gasteiger partial charge in [0.15, 0.2) is 0 Å². The Bertz CT molecular complexity index is 944. The van der Waals surface area contributed by atoms with E-state index in [4.69, 9.17) is 16.3 Å². The van der Waals surface area contributed by atoms with Crippen LogP contribution in [0.2, 0.25) is 5.02 Å². The van der Waals surface area contributed by atoms with Crippen molar-refractivity contribution in [1.82, 2.24) is 0 Å². The maximum absolute atomic E-state index is 12.8. The minimum atomic E-state index is -0.245. The molecule has 0 atom stereocenters. The van der Waals surface area contributed by atoms with Crippen LogP contribution in [-0.2, 0) is 6.42 Å². The van der Waals surface area contributed by atoms with Gasteiger partial charge in [-0.25, -0.2) is 0 Å². The highest BCUT2D eigenvalue weighted by atomic mass is 79.9. The van der Waals surface area contributed by atoms with Crippen LogP contribution in [0.4, 0.5) is 5.69 Å². The molecule has 5 heteroatoms. The number of halogens is 2. The smallest absolute Gasteiger partial charge is 0.259 e. The number of hydrogen-bond donors (Lipinski definition) is 1. The fraction of sp³-hybridized carbons (Fsp3) is 0.136. The molecule has 1 N–H and O–H groups in total. The number of benzene rings is 3. The number of carbonyl (C=O) groups excluding carboxylic acids is 1. The largest absolute Gasteiger partial charge is 0.492 e. The molecule has 0 saturated heterocycles. The van der Waals surface area contributed by atoms with Gasteiger partial charge in [0, 0.05) is 21.6 Å². The number of nitrogens with one attached hydrogen (secondary N) is 1. The Morgan fingerprint density at radius 3 is 2.59 bits per heavy atom. The predicted molar refractivity (Wildman–Crippen MR) is 114 cm³/mol. The number of amides is 1. The highest BCUT2D eigenvalue weighted by molar-refractivity contribution is 9.10. The van der Waals surface area contributed by atoms with Crippen molar-refractivity contribution < 1.29 is 9.53 Å². The summed E-state index contributed by atoms with van der Waals surface area (Å²) >= 11 is 9.56. The van der Waals surface area contributed by atoms with E-state index < -0.39 is 0 Å². The average molecular weight is 445 g/mol. The second kappa shape index (κ2) is 9.07. The Kier molecular flexibility index (Phi) is 6.54. The van der Waals surface area contributed by atoms with E-state index in [1.54, 1.807) is 18.2 Å². The molecule has 0 heterocycles. The lowest BCUT2D eigenvalue weighted by Crippen LogP contribution is -2.14. The number of rotatable bonds is 6. The van der Waals surface area contributed by atoms with Gasteiger partial charge >= 0.3 is 0 Å². The molecule has 0 spiro atoms. The zero-order chi connectivity index (χ0) is 19.2. The summed E-state index contributed by atoms with van der Waals surface area (Å²) in [7, 11) is 0. The van der Waals surface area contributed by atoms with E-state index in [9.17, 15) is 4.79 Å². The molecule has 3 aromatic carbocycles. The van der Waals surface area contributed by atoms with Crippen molar-refractivity contribution in [1.29, 1.82) is 0 Å². The number of aryl methyl sites for hydroxylation is 1. The highest BCUT2D eigenvalue weighted by Crippen LogP contribution is 2.26. The summed E-state index contributed by atoms with van der Waals surface area (Å²) in [6.45, 7) is 2.41. The molecule has 0 aromatic heterocycles. The lowest BCUT2D eigenvalue weighted by atomic mass is 10.1. The maximum atomic E-state index is 12.8. The van der Waals surface area contributed by atoms with E-state index >= 15 is 0 Å². The van der Waals surface area contributed by atoms with Gasteiger partial charge < -0.3 is 10.1 Å². The van der Waals surface area contributed by atoms with E-state index in [-0.39, 0.29) is 5.91 Å². The van der Waals surface area contributed by atoms with Gasteiger partial charge in [-0.15, -0.1) is 0 Å².